The molecule has 0 aliphatic heterocycles. The molecule has 1 nitrogen and oxygen atoms in total. The van der Waals surface area contributed by atoms with Gasteiger partial charge in [0.25, 0.3) is 0 Å². The van der Waals surface area contributed by atoms with Gasteiger partial charge in [-0.05, 0) is 54.9 Å². The van der Waals surface area contributed by atoms with E-state index in [1.807, 2.05) is 13.0 Å². The number of benzene rings is 1. The zero-order valence-corrected chi connectivity index (χ0v) is 12.6. The summed E-state index contributed by atoms with van der Waals surface area (Å²) in [5, 5.41) is 3.58. The van der Waals surface area contributed by atoms with Crippen LogP contribution in [0.15, 0.2) is 18.2 Å². The first-order chi connectivity index (χ1) is 8.86. The lowest BCUT2D eigenvalue weighted by Crippen LogP contribution is -2.39. The lowest BCUT2D eigenvalue weighted by Gasteiger charge is -2.41. The highest BCUT2D eigenvalue weighted by molar-refractivity contribution is 5.47. The molecule has 2 rings (SSSR count). The van der Waals surface area contributed by atoms with E-state index in [2.05, 4.69) is 26.1 Å². The van der Waals surface area contributed by atoms with E-state index >= 15 is 0 Å². The van der Waals surface area contributed by atoms with Crippen molar-refractivity contribution in [2.24, 2.45) is 11.3 Å². The maximum absolute atomic E-state index is 13.5. The number of hydrogen-bond acceptors (Lipinski definition) is 1. The van der Waals surface area contributed by atoms with Crippen LogP contribution in [0.1, 0.15) is 52.0 Å². The number of rotatable bonds is 2. The molecule has 0 radical (unpaired) electrons. The van der Waals surface area contributed by atoms with Crippen molar-refractivity contribution in [3.63, 3.8) is 0 Å². The van der Waals surface area contributed by atoms with Gasteiger partial charge in [-0.3, -0.25) is 0 Å². The van der Waals surface area contributed by atoms with Gasteiger partial charge in [-0.25, -0.2) is 4.39 Å². The normalized spacial score (nSPS) is 24.3. The molecule has 1 fully saturated rings. The van der Waals surface area contributed by atoms with E-state index in [9.17, 15) is 4.39 Å². The van der Waals surface area contributed by atoms with Gasteiger partial charge in [-0.1, -0.05) is 33.6 Å². The van der Waals surface area contributed by atoms with E-state index < -0.39 is 0 Å². The first-order valence-corrected chi connectivity index (χ1v) is 7.40. The molecule has 0 heterocycles. The molecule has 0 aromatic heterocycles. The Morgan fingerprint density at radius 3 is 2.42 bits per heavy atom. The van der Waals surface area contributed by atoms with Gasteiger partial charge in [0.2, 0.25) is 0 Å². The highest BCUT2D eigenvalue weighted by Crippen LogP contribution is 2.39. The Bertz CT molecular complexity index is 413. The molecule has 106 valence electrons. The van der Waals surface area contributed by atoms with Crippen LogP contribution in [-0.2, 0) is 0 Å². The van der Waals surface area contributed by atoms with Crippen LogP contribution >= 0.6 is 0 Å². The van der Waals surface area contributed by atoms with E-state index in [1.54, 1.807) is 12.1 Å². The molecule has 0 amide bonds. The molecule has 19 heavy (non-hydrogen) atoms. The molecule has 1 aliphatic rings. The van der Waals surface area contributed by atoms with E-state index in [0.29, 0.717) is 17.4 Å². The third-order valence-electron chi connectivity index (χ3n) is 4.27. The fourth-order valence-electron chi connectivity index (χ4n) is 3.37. The maximum Gasteiger partial charge on any atom is 0.125 e. The van der Waals surface area contributed by atoms with Crippen molar-refractivity contribution in [2.45, 2.75) is 59.4 Å². The van der Waals surface area contributed by atoms with Crippen molar-refractivity contribution in [3.05, 3.63) is 29.6 Å². The average Bonchev–Trinajstić information content (AvgIpc) is 2.26. The average molecular weight is 263 g/mol. The predicted molar refractivity (Wildman–Crippen MR) is 80.0 cm³/mol. The third-order valence-corrected chi connectivity index (χ3v) is 4.27. The minimum Gasteiger partial charge on any atom is -0.382 e. The largest absolute Gasteiger partial charge is 0.382 e. The van der Waals surface area contributed by atoms with Gasteiger partial charge in [0.15, 0.2) is 0 Å². The number of halogens is 1. The molecule has 1 saturated carbocycles. The second-order valence-electron chi connectivity index (χ2n) is 7.03. The Hall–Kier alpha value is -1.05. The highest BCUT2D eigenvalue weighted by Gasteiger charge is 2.34. The summed E-state index contributed by atoms with van der Waals surface area (Å²) in [7, 11) is 0. The lowest BCUT2D eigenvalue weighted by molar-refractivity contribution is 0.163. The molecule has 1 N–H and O–H groups in total. The van der Waals surface area contributed by atoms with Crippen LogP contribution < -0.4 is 5.32 Å². The van der Waals surface area contributed by atoms with Crippen molar-refractivity contribution in [1.29, 1.82) is 0 Å². The summed E-state index contributed by atoms with van der Waals surface area (Å²) in [5.41, 5.74) is 2.21. The van der Waals surface area contributed by atoms with Gasteiger partial charge in [-0.2, -0.15) is 0 Å². The fraction of sp³-hybridized carbons (Fsp3) is 0.647. The van der Waals surface area contributed by atoms with Gasteiger partial charge >= 0.3 is 0 Å². The lowest BCUT2D eigenvalue weighted by atomic mass is 9.69. The van der Waals surface area contributed by atoms with Crippen LogP contribution in [0.2, 0.25) is 0 Å². The van der Waals surface area contributed by atoms with Crippen LogP contribution in [0.3, 0.4) is 0 Å². The number of aryl methyl sites for hydroxylation is 1. The maximum atomic E-state index is 13.5. The van der Waals surface area contributed by atoms with Crippen LogP contribution in [0.25, 0.3) is 0 Å². The van der Waals surface area contributed by atoms with Crippen LogP contribution in [0.4, 0.5) is 10.1 Å². The molecular formula is C17H26FN. The summed E-state index contributed by atoms with van der Waals surface area (Å²) in [6.07, 6.45) is 5.06. The first kappa shape index (κ1) is 14.4. The van der Waals surface area contributed by atoms with Crippen LogP contribution in [-0.4, -0.2) is 6.04 Å². The van der Waals surface area contributed by atoms with Gasteiger partial charge in [0.05, 0.1) is 0 Å². The van der Waals surface area contributed by atoms with Gasteiger partial charge < -0.3 is 5.32 Å². The molecule has 1 aromatic carbocycles. The second-order valence-corrected chi connectivity index (χ2v) is 7.03. The predicted octanol–water partition coefficient (Wildman–Crippen LogP) is 5.15. The Kier molecular flexibility index (Phi) is 4.17. The Morgan fingerprint density at radius 2 is 1.79 bits per heavy atom. The molecule has 0 bridgehead atoms. The molecule has 1 aliphatic carbocycles. The fourth-order valence-corrected chi connectivity index (χ4v) is 3.37. The molecule has 0 saturated heterocycles. The molecular weight excluding hydrogens is 237 g/mol. The van der Waals surface area contributed by atoms with Crippen molar-refractivity contribution in [2.75, 3.05) is 5.32 Å². The topological polar surface area (TPSA) is 12.0 Å². The Morgan fingerprint density at radius 1 is 1.11 bits per heavy atom. The van der Waals surface area contributed by atoms with E-state index in [4.69, 9.17) is 0 Å². The van der Waals surface area contributed by atoms with Gasteiger partial charge in [0.1, 0.15) is 5.82 Å². The minimum atomic E-state index is -0.148. The van der Waals surface area contributed by atoms with Crippen molar-refractivity contribution in [3.8, 4) is 0 Å². The SMILES string of the molecule is Cc1cc(F)cc(NC2CCCCC2C(C)(C)C)c1. The molecule has 0 spiro atoms. The van der Waals surface area contributed by atoms with E-state index in [0.717, 1.165) is 11.3 Å². The minimum absolute atomic E-state index is 0.148. The number of nitrogens with one attached hydrogen (secondary N) is 1. The Labute approximate surface area is 116 Å². The molecule has 2 atom stereocenters. The zero-order valence-electron chi connectivity index (χ0n) is 12.6. The van der Waals surface area contributed by atoms with Gasteiger partial charge in [-0.15, -0.1) is 0 Å². The standard InChI is InChI=1S/C17H26FN/c1-12-9-13(18)11-14(10-12)19-16-8-6-5-7-15(16)17(2,3)4/h9-11,15-16,19H,5-8H2,1-4H3. The first-order valence-electron chi connectivity index (χ1n) is 7.40. The van der Waals surface area contributed by atoms with E-state index in [1.165, 1.54) is 25.7 Å². The highest BCUT2D eigenvalue weighted by atomic mass is 19.1. The van der Waals surface area contributed by atoms with E-state index in [-0.39, 0.29) is 5.82 Å². The second kappa shape index (κ2) is 5.52. The monoisotopic (exact) mass is 263 g/mol. The number of hydrogen-bond donors (Lipinski definition) is 1. The molecule has 2 unspecified atom stereocenters. The molecule has 2 heteroatoms. The van der Waals surface area contributed by atoms with Crippen molar-refractivity contribution < 1.29 is 4.39 Å². The van der Waals surface area contributed by atoms with Crippen LogP contribution in [0.5, 0.6) is 0 Å². The summed E-state index contributed by atoms with van der Waals surface area (Å²) in [6.45, 7) is 8.88. The zero-order chi connectivity index (χ0) is 14.0. The summed E-state index contributed by atoms with van der Waals surface area (Å²) in [5.74, 6) is 0.510. The summed E-state index contributed by atoms with van der Waals surface area (Å²) in [6, 6.07) is 5.70. The summed E-state index contributed by atoms with van der Waals surface area (Å²) >= 11 is 0. The molecule has 1 aromatic rings. The van der Waals surface area contributed by atoms with Crippen LogP contribution in [0, 0.1) is 24.1 Å². The summed E-state index contributed by atoms with van der Waals surface area (Å²) in [4.78, 5) is 0. The third kappa shape index (κ3) is 3.71. The van der Waals surface area contributed by atoms with Crippen molar-refractivity contribution in [1.82, 2.24) is 0 Å². The Balaban J connectivity index is 2.15. The number of anilines is 1. The smallest absolute Gasteiger partial charge is 0.125 e. The summed E-state index contributed by atoms with van der Waals surface area (Å²) < 4.78 is 13.5. The van der Waals surface area contributed by atoms with Gasteiger partial charge in [0, 0.05) is 11.7 Å². The quantitative estimate of drug-likeness (QED) is 0.778. The van der Waals surface area contributed by atoms with Crippen molar-refractivity contribution >= 4 is 5.69 Å².